The third kappa shape index (κ3) is 4.69. The number of hydrogen-bond acceptors (Lipinski definition) is 6. The maximum atomic E-state index is 12.6. The second-order valence-corrected chi connectivity index (χ2v) is 7.21. The van der Waals surface area contributed by atoms with Crippen molar-refractivity contribution in [2.24, 2.45) is 0 Å². The average Bonchev–Trinajstić information content (AvgIpc) is 3.05. The Kier molecular flexibility index (Phi) is 5.74. The highest BCUT2D eigenvalue weighted by Gasteiger charge is 2.32. The van der Waals surface area contributed by atoms with Gasteiger partial charge in [-0.05, 0) is 31.5 Å². The van der Waals surface area contributed by atoms with Crippen LogP contribution in [0.4, 0.5) is 14.8 Å². The highest BCUT2D eigenvalue weighted by Crippen LogP contribution is 2.28. The Morgan fingerprint density at radius 3 is 2.62 bits per heavy atom. The predicted octanol–water partition coefficient (Wildman–Crippen LogP) is 3.92. The second-order valence-electron chi connectivity index (χ2n) is 6.77. The first-order chi connectivity index (χ1) is 12.3. The molecule has 2 aromatic rings. The number of anilines is 1. The van der Waals surface area contributed by atoms with Crippen molar-refractivity contribution in [1.29, 1.82) is 0 Å². The van der Waals surface area contributed by atoms with Gasteiger partial charge in [0.15, 0.2) is 0 Å². The van der Waals surface area contributed by atoms with Crippen LogP contribution in [0.2, 0.25) is 5.02 Å². The van der Waals surface area contributed by atoms with E-state index >= 15 is 0 Å². The van der Waals surface area contributed by atoms with Crippen molar-refractivity contribution in [3.8, 4) is 0 Å². The van der Waals surface area contributed by atoms with Gasteiger partial charge in [-0.2, -0.15) is 8.78 Å². The molecule has 9 heteroatoms. The van der Waals surface area contributed by atoms with Crippen molar-refractivity contribution < 1.29 is 17.9 Å². The maximum absolute atomic E-state index is 12.6. The van der Waals surface area contributed by atoms with E-state index in [9.17, 15) is 8.78 Å². The van der Waals surface area contributed by atoms with Gasteiger partial charge in [0.05, 0.1) is 18.2 Å². The maximum Gasteiger partial charge on any atom is 0.315 e. The number of aromatic nitrogens is 2. The summed E-state index contributed by atoms with van der Waals surface area (Å²) >= 11 is 6.00. The molecule has 0 bridgehead atoms. The smallest absolute Gasteiger partial charge is 0.315 e. The lowest BCUT2D eigenvalue weighted by Crippen LogP contribution is -2.50. The first-order valence-electron chi connectivity index (χ1n) is 8.33. The van der Waals surface area contributed by atoms with Crippen molar-refractivity contribution in [2.45, 2.75) is 31.9 Å². The minimum atomic E-state index is -2.79. The van der Waals surface area contributed by atoms with Gasteiger partial charge in [0.1, 0.15) is 0 Å². The first kappa shape index (κ1) is 19.0. The number of nitrogens with one attached hydrogen (secondary N) is 1. The number of rotatable bonds is 6. The fourth-order valence-electron chi connectivity index (χ4n) is 3.04. The van der Waals surface area contributed by atoms with Crippen molar-refractivity contribution in [3.63, 3.8) is 0 Å². The van der Waals surface area contributed by atoms with Gasteiger partial charge in [-0.3, -0.25) is 4.90 Å². The minimum Gasteiger partial charge on any atom is -0.402 e. The Morgan fingerprint density at radius 2 is 2.00 bits per heavy atom. The van der Waals surface area contributed by atoms with Gasteiger partial charge in [0, 0.05) is 24.7 Å². The molecule has 1 aromatic carbocycles. The molecule has 26 heavy (non-hydrogen) atoms. The summed E-state index contributed by atoms with van der Waals surface area (Å²) < 4.78 is 35.9. The van der Waals surface area contributed by atoms with Crippen LogP contribution in [-0.2, 0) is 4.74 Å². The van der Waals surface area contributed by atoms with E-state index in [-0.39, 0.29) is 17.7 Å². The highest BCUT2D eigenvalue weighted by molar-refractivity contribution is 6.30. The molecule has 2 heterocycles. The van der Waals surface area contributed by atoms with Crippen LogP contribution in [0.1, 0.15) is 37.8 Å². The Balaban J connectivity index is 1.77. The van der Waals surface area contributed by atoms with Crippen LogP contribution in [0, 0.1) is 0 Å². The Bertz CT molecular complexity index is 724. The van der Waals surface area contributed by atoms with Crippen LogP contribution in [0.15, 0.2) is 28.7 Å². The van der Waals surface area contributed by atoms with E-state index in [1.165, 1.54) is 0 Å². The predicted molar refractivity (Wildman–Crippen MR) is 93.5 cm³/mol. The minimum absolute atomic E-state index is 0.0215. The number of halogens is 3. The molecule has 1 aliphatic rings. The average molecular weight is 387 g/mol. The lowest BCUT2D eigenvalue weighted by Gasteiger charge is -2.42. The number of nitrogens with zero attached hydrogens (tertiary/aromatic N) is 3. The summed E-state index contributed by atoms with van der Waals surface area (Å²) in [5.74, 6) is -0.692. The van der Waals surface area contributed by atoms with Gasteiger partial charge in [0.25, 0.3) is 5.89 Å². The fourth-order valence-corrected chi connectivity index (χ4v) is 3.17. The fraction of sp³-hybridized carbons (Fsp3) is 0.529. The Labute approximate surface area is 155 Å². The van der Waals surface area contributed by atoms with E-state index in [1.54, 1.807) is 0 Å². The molecule has 3 rings (SSSR count). The van der Waals surface area contributed by atoms with E-state index < -0.39 is 12.3 Å². The zero-order valence-corrected chi connectivity index (χ0v) is 15.3. The normalized spacial score (nSPS) is 18.8. The molecule has 0 spiro atoms. The zero-order valence-electron chi connectivity index (χ0n) is 14.6. The molecule has 1 atom stereocenters. The molecule has 1 fully saturated rings. The number of hydrogen-bond donors (Lipinski definition) is 1. The molecule has 0 aliphatic carbocycles. The molecule has 1 saturated heterocycles. The topological polar surface area (TPSA) is 63.4 Å². The molecule has 1 N–H and O–H groups in total. The molecule has 0 radical (unpaired) electrons. The number of benzene rings is 1. The monoisotopic (exact) mass is 386 g/mol. The van der Waals surface area contributed by atoms with Gasteiger partial charge < -0.3 is 14.5 Å². The summed E-state index contributed by atoms with van der Waals surface area (Å²) in [6.07, 6.45) is -2.79. The summed E-state index contributed by atoms with van der Waals surface area (Å²) in [4.78, 5) is 2.28. The Morgan fingerprint density at radius 1 is 1.27 bits per heavy atom. The third-order valence-electron chi connectivity index (χ3n) is 4.22. The lowest BCUT2D eigenvalue weighted by atomic mass is 10.0. The molecule has 142 valence electrons. The van der Waals surface area contributed by atoms with Crippen LogP contribution in [0.5, 0.6) is 0 Å². The summed E-state index contributed by atoms with van der Waals surface area (Å²) in [6, 6.07) is 7.52. The van der Waals surface area contributed by atoms with Crippen LogP contribution in [0.3, 0.4) is 0 Å². The zero-order chi connectivity index (χ0) is 18.7. The molecule has 0 saturated carbocycles. The summed E-state index contributed by atoms with van der Waals surface area (Å²) in [6.45, 7) is 6.60. The summed E-state index contributed by atoms with van der Waals surface area (Å²) in [7, 11) is 0. The molecular weight excluding hydrogens is 366 g/mol. The summed E-state index contributed by atoms with van der Waals surface area (Å²) in [5, 5.41) is 10.6. The lowest BCUT2D eigenvalue weighted by molar-refractivity contribution is -0.0964. The standard InChI is InChI=1S/C17H21ClF2N4O2/c1-17(2)10-24(7-8-25-17)13(11-3-5-12(18)6-4-11)9-21-16-23-22-15(26-16)14(19)20/h3-6,13-14H,7-10H2,1-2H3,(H,21,23). The molecule has 1 aliphatic heterocycles. The van der Waals surface area contributed by atoms with Crippen LogP contribution in [-0.4, -0.2) is 46.9 Å². The van der Waals surface area contributed by atoms with E-state index in [0.29, 0.717) is 18.2 Å². The van der Waals surface area contributed by atoms with Crippen molar-refractivity contribution >= 4 is 17.6 Å². The third-order valence-corrected chi connectivity index (χ3v) is 4.48. The van der Waals surface area contributed by atoms with Gasteiger partial charge in [-0.15, -0.1) is 5.10 Å². The largest absolute Gasteiger partial charge is 0.402 e. The van der Waals surface area contributed by atoms with Crippen LogP contribution in [0.25, 0.3) is 0 Å². The van der Waals surface area contributed by atoms with Crippen molar-refractivity contribution in [3.05, 3.63) is 40.7 Å². The van der Waals surface area contributed by atoms with E-state index in [0.717, 1.165) is 18.7 Å². The number of morpholine rings is 1. The molecule has 0 amide bonds. The number of ether oxygens (including phenoxy) is 1. The highest BCUT2D eigenvalue weighted by atomic mass is 35.5. The van der Waals surface area contributed by atoms with Gasteiger partial charge in [-0.25, -0.2) is 0 Å². The van der Waals surface area contributed by atoms with Gasteiger partial charge >= 0.3 is 12.4 Å². The molecule has 6 nitrogen and oxygen atoms in total. The van der Waals surface area contributed by atoms with E-state index in [4.69, 9.17) is 20.8 Å². The second kappa shape index (κ2) is 7.85. The van der Waals surface area contributed by atoms with Crippen LogP contribution >= 0.6 is 11.6 Å². The van der Waals surface area contributed by atoms with Gasteiger partial charge in [0.2, 0.25) is 0 Å². The van der Waals surface area contributed by atoms with Crippen molar-refractivity contribution in [2.75, 3.05) is 31.6 Å². The van der Waals surface area contributed by atoms with Crippen molar-refractivity contribution in [1.82, 2.24) is 15.1 Å². The quantitative estimate of drug-likeness (QED) is 0.811. The van der Waals surface area contributed by atoms with E-state index in [2.05, 4.69) is 20.4 Å². The SMILES string of the molecule is CC1(C)CN(C(CNc2nnc(C(F)F)o2)c2ccc(Cl)cc2)CCO1. The summed E-state index contributed by atoms with van der Waals surface area (Å²) in [5.41, 5.74) is 0.782. The van der Waals surface area contributed by atoms with Crippen LogP contribution < -0.4 is 5.32 Å². The molecule has 1 unspecified atom stereocenters. The van der Waals surface area contributed by atoms with E-state index in [1.807, 2.05) is 38.1 Å². The molecular formula is C17H21ClF2N4O2. The number of alkyl halides is 2. The Hall–Kier alpha value is -1.77. The molecule has 1 aromatic heterocycles. The first-order valence-corrected chi connectivity index (χ1v) is 8.71. The van der Waals surface area contributed by atoms with Gasteiger partial charge in [-0.1, -0.05) is 28.8 Å².